The minimum Gasteiger partial charge on any atom is -0.465 e. The third kappa shape index (κ3) is 3.70. The highest BCUT2D eigenvalue weighted by atomic mass is 16.5. The van der Waals surface area contributed by atoms with E-state index < -0.39 is 0 Å². The summed E-state index contributed by atoms with van der Waals surface area (Å²) in [6.45, 7) is 4.45. The van der Waals surface area contributed by atoms with Gasteiger partial charge in [-0.15, -0.1) is 0 Å². The van der Waals surface area contributed by atoms with Crippen molar-refractivity contribution in [2.75, 3.05) is 19.7 Å². The van der Waals surface area contributed by atoms with E-state index in [1.165, 1.54) is 0 Å². The highest BCUT2D eigenvalue weighted by Crippen LogP contribution is 2.18. The maximum Gasteiger partial charge on any atom is 0.323 e. The van der Waals surface area contributed by atoms with Crippen LogP contribution in [0.15, 0.2) is 29.2 Å². The predicted molar refractivity (Wildman–Crippen MR) is 76.5 cm³/mol. The zero-order valence-electron chi connectivity index (χ0n) is 12.0. The summed E-state index contributed by atoms with van der Waals surface area (Å²) in [5, 5.41) is 0. The molecule has 110 valence electrons. The highest BCUT2D eigenvalue weighted by molar-refractivity contribution is 5.75. The molecule has 1 unspecified atom stereocenters. The van der Waals surface area contributed by atoms with Crippen molar-refractivity contribution in [3.8, 4) is 0 Å². The fraction of sp³-hybridized carbons (Fsp3) is 0.600. The summed E-state index contributed by atoms with van der Waals surface area (Å²) in [6.07, 6.45) is 4.79. The van der Waals surface area contributed by atoms with E-state index in [2.05, 4.69) is 4.90 Å². The summed E-state index contributed by atoms with van der Waals surface area (Å²) >= 11 is 0. The normalized spacial score (nSPS) is 19.8. The average Bonchev–Trinajstić information content (AvgIpc) is 2.47. The van der Waals surface area contributed by atoms with Crippen LogP contribution in [0.5, 0.6) is 0 Å². The first kappa shape index (κ1) is 14.8. The molecule has 1 fully saturated rings. The van der Waals surface area contributed by atoms with Gasteiger partial charge in [-0.25, -0.2) is 0 Å². The van der Waals surface area contributed by atoms with E-state index >= 15 is 0 Å². The van der Waals surface area contributed by atoms with Gasteiger partial charge in [0, 0.05) is 25.4 Å². The zero-order valence-corrected chi connectivity index (χ0v) is 12.0. The fourth-order valence-corrected chi connectivity index (χ4v) is 2.65. The van der Waals surface area contributed by atoms with Crippen molar-refractivity contribution in [1.82, 2.24) is 9.47 Å². The molecule has 5 nitrogen and oxygen atoms in total. The van der Waals surface area contributed by atoms with Gasteiger partial charge in [0.15, 0.2) is 0 Å². The number of carbonyl (C=O) groups is 1. The number of pyridine rings is 1. The number of hydrogen-bond acceptors (Lipinski definition) is 4. The van der Waals surface area contributed by atoms with Crippen LogP contribution in [-0.4, -0.2) is 41.2 Å². The predicted octanol–water partition coefficient (Wildman–Crippen LogP) is 1.27. The Bertz CT molecular complexity index is 498. The number of aromatic nitrogens is 1. The summed E-state index contributed by atoms with van der Waals surface area (Å²) in [4.78, 5) is 25.8. The monoisotopic (exact) mass is 278 g/mol. The maximum absolute atomic E-state index is 12.0. The Kier molecular flexibility index (Phi) is 5.35. The molecule has 2 rings (SSSR count). The largest absolute Gasteiger partial charge is 0.465 e. The molecular weight excluding hydrogens is 256 g/mol. The molecule has 1 aliphatic rings. The van der Waals surface area contributed by atoms with Crippen LogP contribution in [0.3, 0.4) is 0 Å². The van der Waals surface area contributed by atoms with Crippen molar-refractivity contribution in [2.24, 2.45) is 0 Å². The topological polar surface area (TPSA) is 51.5 Å². The van der Waals surface area contributed by atoms with E-state index in [-0.39, 0.29) is 17.6 Å². The van der Waals surface area contributed by atoms with Gasteiger partial charge in [-0.1, -0.05) is 12.5 Å². The molecule has 0 amide bonds. The van der Waals surface area contributed by atoms with Crippen LogP contribution >= 0.6 is 0 Å². The summed E-state index contributed by atoms with van der Waals surface area (Å²) in [6, 6.07) is 4.99. The van der Waals surface area contributed by atoms with Gasteiger partial charge in [0.2, 0.25) is 0 Å². The Hall–Kier alpha value is -1.62. The zero-order chi connectivity index (χ0) is 14.4. The maximum atomic E-state index is 12.0. The Morgan fingerprint density at radius 3 is 2.95 bits per heavy atom. The van der Waals surface area contributed by atoms with Crippen LogP contribution in [0.1, 0.15) is 26.2 Å². The van der Waals surface area contributed by atoms with Crippen LogP contribution in [-0.2, 0) is 16.1 Å². The lowest BCUT2D eigenvalue weighted by Gasteiger charge is -2.33. The van der Waals surface area contributed by atoms with E-state index in [4.69, 9.17) is 4.74 Å². The third-order valence-electron chi connectivity index (χ3n) is 3.70. The number of piperidine rings is 1. The lowest BCUT2D eigenvalue weighted by atomic mass is 10.0. The van der Waals surface area contributed by atoms with E-state index in [1.54, 1.807) is 22.9 Å². The van der Waals surface area contributed by atoms with Gasteiger partial charge >= 0.3 is 5.97 Å². The van der Waals surface area contributed by atoms with Gasteiger partial charge in [-0.05, 0) is 32.4 Å². The second-order valence-electron chi connectivity index (χ2n) is 5.03. The third-order valence-corrected chi connectivity index (χ3v) is 3.70. The van der Waals surface area contributed by atoms with Crippen molar-refractivity contribution >= 4 is 5.97 Å². The minimum absolute atomic E-state index is 0.00260. The van der Waals surface area contributed by atoms with Gasteiger partial charge in [-0.2, -0.15) is 0 Å². The van der Waals surface area contributed by atoms with Crippen LogP contribution < -0.4 is 5.56 Å². The molecule has 0 radical (unpaired) electrons. The number of ether oxygens (including phenoxy) is 1. The Labute approximate surface area is 119 Å². The molecule has 5 heteroatoms. The second kappa shape index (κ2) is 7.24. The van der Waals surface area contributed by atoms with Gasteiger partial charge in [0.1, 0.15) is 6.04 Å². The molecule has 1 aliphatic heterocycles. The molecule has 1 atom stereocenters. The highest BCUT2D eigenvalue weighted by Gasteiger charge is 2.29. The van der Waals surface area contributed by atoms with Gasteiger partial charge < -0.3 is 9.30 Å². The van der Waals surface area contributed by atoms with E-state index in [1.807, 2.05) is 13.0 Å². The number of esters is 1. The van der Waals surface area contributed by atoms with Crippen molar-refractivity contribution in [2.45, 2.75) is 38.8 Å². The molecule has 1 aromatic heterocycles. The number of hydrogen-bond donors (Lipinski definition) is 0. The Balaban J connectivity index is 1.97. The van der Waals surface area contributed by atoms with Gasteiger partial charge in [0.25, 0.3) is 5.56 Å². The fourth-order valence-electron chi connectivity index (χ4n) is 2.65. The molecule has 0 N–H and O–H groups in total. The van der Waals surface area contributed by atoms with Crippen molar-refractivity contribution < 1.29 is 9.53 Å². The first-order valence-electron chi connectivity index (χ1n) is 7.28. The number of rotatable bonds is 5. The smallest absolute Gasteiger partial charge is 0.323 e. The van der Waals surface area contributed by atoms with Crippen LogP contribution in [0.2, 0.25) is 0 Å². The molecular formula is C15H22N2O3. The first-order valence-corrected chi connectivity index (χ1v) is 7.28. The van der Waals surface area contributed by atoms with Crippen molar-refractivity contribution in [3.05, 3.63) is 34.7 Å². The van der Waals surface area contributed by atoms with Gasteiger partial charge in [-0.3, -0.25) is 14.5 Å². The van der Waals surface area contributed by atoms with Crippen molar-refractivity contribution in [3.63, 3.8) is 0 Å². The van der Waals surface area contributed by atoms with Crippen molar-refractivity contribution in [1.29, 1.82) is 0 Å². The Morgan fingerprint density at radius 2 is 2.20 bits per heavy atom. The summed E-state index contributed by atoms with van der Waals surface area (Å²) in [5.41, 5.74) is -0.00260. The molecule has 20 heavy (non-hydrogen) atoms. The molecule has 2 heterocycles. The molecule has 1 saturated heterocycles. The van der Waals surface area contributed by atoms with E-state index in [0.29, 0.717) is 19.7 Å². The number of nitrogens with zero attached hydrogens (tertiary/aromatic N) is 2. The molecule has 0 saturated carbocycles. The molecule has 0 bridgehead atoms. The SMILES string of the molecule is CCOC(=O)C1CCCCN1CCn1ccccc1=O. The summed E-state index contributed by atoms with van der Waals surface area (Å²) in [7, 11) is 0. The molecule has 0 aliphatic carbocycles. The molecule has 0 spiro atoms. The summed E-state index contributed by atoms with van der Waals surface area (Å²) < 4.78 is 6.82. The van der Waals surface area contributed by atoms with Crippen LogP contribution in [0, 0.1) is 0 Å². The molecule has 1 aromatic rings. The van der Waals surface area contributed by atoms with E-state index in [9.17, 15) is 9.59 Å². The quantitative estimate of drug-likeness (QED) is 0.761. The number of likely N-dealkylation sites (tertiary alicyclic amines) is 1. The lowest BCUT2D eigenvalue weighted by Crippen LogP contribution is -2.47. The van der Waals surface area contributed by atoms with Crippen LogP contribution in [0.25, 0.3) is 0 Å². The summed E-state index contributed by atoms with van der Waals surface area (Å²) in [5.74, 6) is -0.132. The molecule has 0 aromatic carbocycles. The minimum atomic E-state index is -0.150. The second-order valence-corrected chi connectivity index (χ2v) is 5.03. The van der Waals surface area contributed by atoms with Gasteiger partial charge in [0.05, 0.1) is 6.61 Å². The van der Waals surface area contributed by atoms with E-state index in [0.717, 1.165) is 25.8 Å². The number of carbonyl (C=O) groups excluding carboxylic acids is 1. The first-order chi connectivity index (χ1) is 9.72. The standard InChI is InChI=1S/C15H22N2O3/c1-2-20-15(19)13-7-3-5-9-16(13)11-12-17-10-6-4-8-14(17)18/h4,6,8,10,13H,2-3,5,7,9,11-12H2,1H3. The Morgan fingerprint density at radius 1 is 1.35 bits per heavy atom. The lowest BCUT2D eigenvalue weighted by molar-refractivity contribution is -0.150. The average molecular weight is 278 g/mol. The van der Waals surface area contributed by atoms with Crippen LogP contribution in [0.4, 0.5) is 0 Å².